The molecule has 1 fully saturated rings. The Morgan fingerprint density at radius 3 is 2.47 bits per heavy atom. The van der Waals surface area contributed by atoms with Crippen LogP contribution >= 0.6 is 0 Å². The zero-order valence-corrected chi connectivity index (χ0v) is 22.0. The van der Waals surface area contributed by atoms with Crippen LogP contribution in [0, 0.1) is 0 Å². The van der Waals surface area contributed by atoms with Crippen LogP contribution in [0.3, 0.4) is 0 Å². The fraction of sp³-hybridized carbons (Fsp3) is 0.556. The number of nitrogens with one attached hydrogen (secondary N) is 1. The molecule has 1 aromatic rings. The van der Waals surface area contributed by atoms with E-state index in [1.54, 1.807) is 33.8 Å². The lowest BCUT2D eigenvalue weighted by Gasteiger charge is -2.32. The first-order valence-electron chi connectivity index (χ1n) is 12.3. The summed E-state index contributed by atoms with van der Waals surface area (Å²) < 4.78 is 10.4. The van der Waals surface area contributed by atoms with Crippen molar-refractivity contribution >= 4 is 23.9 Å². The topological polar surface area (TPSA) is 105 Å². The second-order valence-electron chi connectivity index (χ2n) is 9.99. The molecule has 1 aliphatic rings. The second-order valence-corrected chi connectivity index (χ2v) is 9.99. The molecule has 1 N–H and O–H groups in total. The summed E-state index contributed by atoms with van der Waals surface area (Å²) in [5.41, 5.74) is 0.208. The Labute approximate surface area is 213 Å². The minimum atomic E-state index is -0.864. The summed E-state index contributed by atoms with van der Waals surface area (Å²) in [6.07, 6.45) is 2.53. The number of hydrogen-bond donors (Lipinski definition) is 1. The molecule has 9 nitrogen and oxygen atoms in total. The van der Waals surface area contributed by atoms with Crippen LogP contribution in [-0.4, -0.2) is 77.6 Å². The van der Waals surface area contributed by atoms with Gasteiger partial charge in [-0.15, -0.1) is 6.58 Å². The van der Waals surface area contributed by atoms with Crippen molar-refractivity contribution in [1.29, 1.82) is 0 Å². The van der Waals surface area contributed by atoms with Crippen molar-refractivity contribution in [2.24, 2.45) is 0 Å². The summed E-state index contributed by atoms with van der Waals surface area (Å²) in [5, 5.41) is 2.78. The first-order valence-corrected chi connectivity index (χ1v) is 12.3. The summed E-state index contributed by atoms with van der Waals surface area (Å²) in [5.74, 6) is -1.18. The molecule has 0 bridgehead atoms. The molecular formula is C27H39N3O6. The lowest BCUT2D eigenvalue weighted by atomic mass is 10.1. The Kier molecular flexibility index (Phi) is 10.5. The van der Waals surface area contributed by atoms with E-state index in [1.165, 1.54) is 16.9 Å². The summed E-state index contributed by atoms with van der Waals surface area (Å²) in [6.45, 7) is 11.5. The van der Waals surface area contributed by atoms with Gasteiger partial charge in [0.25, 0.3) is 0 Å². The van der Waals surface area contributed by atoms with Crippen LogP contribution in [0.15, 0.2) is 43.0 Å². The molecule has 1 heterocycles. The SMILES string of the molecule is C=CCN(C(=O)OC(C)(C)C)[C@H](C)CC(=O)N1CCC[C@H]1C(=O)N[C@@H](Cc1ccccc1)C(=O)OC. The third-order valence-electron chi connectivity index (χ3n) is 5.92. The molecule has 198 valence electrons. The smallest absolute Gasteiger partial charge is 0.410 e. The lowest BCUT2D eigenvalue weighted by molar-refractivity contribution is -0.146. The molecule has 0 saturated carbocycles. The van der Waals surface area contributed by atoms with E-state index in [-0.39, 0.29) is 25.3 Å². The Hall–Kier alpha value is -3.36. The Morgan fingerprint density at radius 2 is 1.89 bits per heavy atom. The van der Waals surface area contributed by atoms with Crippen LogP contribution in [0.5, 0.6) is 0 Å². The van der Waals surface area contributed by atoms with Crippen molar-refractivity contribution in [2.45, 2.75) is 77.1 Å². The van der Waals surface area contributed by atoms with Crippen molar-refractivity contribution in [1.82, 2.24) is 15.1 Å². The van der Waals surface area contributed by atoms with Gasteiger partial charge in [0.15, 0.2) is 0 Å². The molecule has 9 heteroatoms. The highest BCUT2D eigenvalue weighted by molar-refractivity contribution is 5.91. The molecule has 2 rings (SSSR count). The zero-order chi connectivity index (χ0) is 26.9. The molecule has 0 aliphatic carbocycles. The van der Waals surface area contributed by atoms with Crippen molar-refractivity contribution in [3.63, 3.8) is 0 Å². The highest BCUT2D eigenvalue weighted by atomic mass is 16.6. The maximum Gasteiger partial charge on any atom is 0.410 e. The number of carbonyl (C=O) groups is 4. The van der Waals surface area contributed by atoms with Crippen LogP contribution in [0.25, 0.3) is 0 Å². The number of rotatable bonds is 10. The van der Waals surface area contributed by atoms with Gasteiger partial charge in [-0.25, -0.2) is 9.59 Å². The number of amides is 3. The third kappa shape index (κ3) is 8.39. The van der Waals surface area contributed by atoms with E-state index in [2.05, 4.69) is 11.9 Å². The molecule has 3 amide bonds. The third-order valence-corrected chi connectivity index (χ3v) is 5.92. The van der Waals surface area contributed by atoms with Gasteiger partial charge in [-0.1, -0.05) is 36.4 Å². The molecule has 0 aromatic heterocycles. The fourth-order valence-electron chi connectivity index (χ4n) is 4.17. The van der Waals surface area contributed by atoms with E-state index < -0.39 is 41.7 Å². The summed E-state index contributed by atoms with van der Waals surface area (Å²) in [6, 6.07) is 7.31. The number of methoxy groups -OCH3 is 1. The van der Waals surface area contributed by atoms with E-state index in [1.807, 2.05) is 30.3 Å². The maximum atomic E-state index is 13.2. The average molecular weight is 502 g/mol. The normalized spacial score (nSPS) is 17.0. The quantitative estimate of drug-likeness (QED) is 0.390. The van der Waals surface area contributed by atoms with Crippen molar-refractivity contribution < 1.29 is 28.7 Å². The van der Waals surface area contributed by atoms with Gasteiger partial charge in [-0.3, -0.25) is 9.59 Å². The number of likely N-dealkylation sites (tertiary alicyclic amines) is 1. The number of nitrogens with zero attached hydrogens (tertiary/aromatic N) is 2. The zero-order valence-electron chi connectivity index (χ0n) is 22.0. The summed E-state index contributed by atoms with van der Waals surface area (Å²) in [4.78, 5) is 54.4. The molecule has 1 aliphatic heterocycles. The average Bonchev–Trinajstić information content (AvgIpc) is 3.31. The Balaban J connectivity index is 2.07. The number of hydrogen-bond acceptors (Lipinski definition) is 6. The lowest BCUT2D eigenvalue weighted by Crippen LogP contribution is -2.52. The number of benzene rings is 1. The molecule has 0 unspecified atom stereocenters. The Morgan fingerprint density at radius 1 is 1.22 bits per heavy atom. The van der Waals surface area contributed by atoms with Crippen molar-refractivity contribution in [2.75, 3.05) is 20.2 Å². The predicted octanol–water partition coefficient (Wildman–Crippen LogP) is 3.08. The number of ether oxygens (including phenoxy) is 2. The minimum absolute atomic E-state index is 0.0291. The fourth-order valence-corrected chi connectivity index (χ4v) is 4.17. The molecule has 1 aromatic carbocycles. The second kappa shape index (κ2) is 13.1. The highest BCUT2D eigenvalue weighted by Crippen LogP contribution is 2.21. The minimum Gasteiger partial charge on any atom is -0.467 e. The van der Waals surface area contributed by atoms with Crippen LogP contribution in [0.4, 0.5) is 4.79 Å². The molecule has 0 spiro atoms. The van der Waals surface area contributed by atoms with Crippen molar-refractivity contribution in [3.05, 3.63) is 48.6 Å². The first-order chi connectivity index (χ1) is 17.0. The van der Waals surface area contributed by atoms with Crippen LogP contribution in [0.1, 0.15) is 52.5 Å². The highest BCUT2D eigenvalue weighted by Gasteiger charge is 2.37. The van der Waals surface area contributed by atoms with Crippen LogP contribution < -0.4 is 5.32 Å². The summed E-state index contributed by atoms with van der Waals surface area (Å²) in [7, 11) is 1.28. The van der Waals surface area contributed by atoms with Crippen LogP contribution in [-0.2, 0) is 30.3 Å². The number of carbonyl (C=O) groups excluding carboxylic acids is 4. The van der Waals surface area contributed by atoms with E-state index >= 15 is 0 Å². The molecule has 36 heavy (non-hydrogen) atoms. The maximum absolute atomic E-state index is 13.2. The van der Waals surface area contributed by atoms with Gasteiger partial charge in [0.2, 0.25) is 11.8 Å². The van der Waals surface area contributed by atoms with Crippen LogP contribution in [0.2, 0.25) is 0 Å². The molecule has 1 saturated heterocycles. The standard InChI is InChI=1S/C27H39N3O6/c1-7-15-29(26(34)36-27(3,4)5)19(2)17-23(31)30-16-11-14-22(30)24(32)28-21(25(33)35-6)18-20-12-9-8-10-13-20/h7-10,12-13,19,21-22H,1,11,14-18H2,2-6H3,(H,28,32)/t19-,21+,22+/m1/s1. The van der Waals surface area contributed by atoms with Crippen molar-refractivity contribution in [3.8, 4) is 0 Å². The molecule has 0 radical (unpaired) electrons. The summed E-state index contributed by atoms with van der Waals surface area (Å²) >= 11 is 0. The monoisotopic (exact) mass is 501 g/mol. The first kappa shape index (κ1) is 28.9. The van der Waals surface area contributed by atoms with Gasteiger partial charge in [0, 0.05) is 32.0 Å². The van der Waals surface area contributed by atoms with Gasteiger partial charge in [-0.05, 0) is 46.1 Å². The van der Waals surface area contributed by atoms with Gasteiger partial charge < -0.3 is 24.6 Å². The van der Waals surface area contributed by atoms with Gasteiger partial charge in [-0.2, -0.15) is 0 Å². The molecular weight excluding hydrogens is 462 g/mol. The number of esters is 1. The van der Waals surface area contributed by atoms with E-state index in [0.717, 1.165) is 5.56 Å². The van der Waals surface area contributed by atoms with E-state index in [9.17, 15) is 19.2 Å². The Bertz CT molecular complexity index is 927. The molecule has 3 atom stereocenters. The largest absolute Gasteiger partial charge is 0.467 e. The van der Waals surface area contributed by atoms with E-state index in [0.29, 0.717) is 19.4 Å². The van der Waals surface area contributed by atoms with Gasteiger partial charge in [0.05, 0.1) is 7.11 Å². The van der Waals surface area contributed by atoms with E-state index in [4.69, 9.17) is 9.47 Å². The predicted molar refractivity (Wildman–Crippen MR) is 136 cm³/mol. The van der Waals surface area contributed by atoms with Gasteiger partial charge >= 0.3 is 12.1 Å². The van der Waals surface area contributed by atoms with Gasteiger partial charge in [0.1, 0.15) is 17.7 Å².